The highest BCUT2D eigenvalue weighted by Crippen LogP contribution is 2.02. The van der Waals surface area contributed by atoms with Crippen LogP contribution < -0.4 is 4.68 Å². The van der Waals surface area contributed by atoms with Gasteiger partial charge in [0.25, 0.3) is 6.33 Å². The van der Waals surface area contributed by atoms with Gasteiger partial charge in [0.05, 0.1) is 17.4 Å². The number of hydrogen-bond acceptors (Lipinski definition) is 2. The van der Waals surface area contributed by atoms with Crippen molar-refractivity contribution in [3.05, 3.63) is 6.33 Å². The molecule has 0 saturated heterocycles. The van der Waals surface area contributed by atoms with Crippen molar-refractivity contribution in [1.82, 2.24) is 15.1 Å². The fourth-order valence-electron chi connectivity index (χ4n) is 0.684. The quantitative estimate of drug-likeness (QED) is 0.546. The van der Waals surface area contributed by atoms with Crippen molar-refractivity contribution in [2.24, 2.45) is 7.05 Å². The van der Waals surface area contributed by atoms with Crippen LogP contribution in [-0.4, -0.2) is 15.1 Å². The molecule has 0 aromatic carbocycles. The Morgan fingerprint density at radius 1 is 1.70 bits per heavy atom. The van der Waals surface area contributed by atoms with Crippen molar-refractivity contribution >= 4 is 0 Å². The van der Waals surface area contributed by atoms with Gasteiger partial charge < -0.3 is 0 Å². The molecule has 56 valence electrons. The van der Waals surface area contributed by atoms with Gasteiger partial charge in [-0.25, -0.2) is 0 Å². The molecule has 0 saturated carbocycles. The molecule has 1 aromatic heterocycles. The highest BCUT2D eigenvalue weighted by atomic mass is 15.6. The van der Waals surface area contributed by atoms with Crippen LogP contribution in [0.2, 0.25) is 0 Å². The molecule has 0 amide bonds. The summed E-state index contributed by atoms with van der Waals surface area (Å²) in [5.74, 6) is 0. The van der Waals surface area contributed by atoms with Crippen molar-refractivity contribution in [3.8, 4) is 0 Å². The molecule has 4 nitrogen and oxygen atoms in total. The van der Waals surface area contributed by atoms with E-state index in [1.165, 1.54) is 0 Å². The predicted octanol–water partition coefficient (Wildman–Crippen LogP) is 0.0736. The van der Waals surface area contributed by atoms with Crippen molar-refractivity contribution in [1.29, 1.82) is 0 Å². The molecule has 0 aliphatic heterocycles. The molecule has 0 aliphatic rings. The Bertz CT molecular complexity index is 205. The molecular weight excluding hydrogens is 128 g/mol. The van der Waals surface area contributed by atoms with Gasteiger partial charge in [-0.2, -0.15) is 0 Å². The van der Waals surface area contributed by atoms with E-state index >= 15 is 0 Å². The topological polar surface area (TPSA) is 34.6 Å². The fourth-order valence-corrected chi connectivity index (χ4v) is 0.684. The van der Waals surface area contributed by atoms with Gasteiger partial charge in [-0.3, -0.25) is 0 Å². The van der Waals surface area contributed by atoms with E-state index in [2.05, 4.69) is 24.2 Å². The van der Waals surface area contributed by atoms with Crippen molar-refractivity contribution < 1.29 is 4.68 Å². The standard InChI is InChI=1S/C6H13N4/c1-4-6(2)10-7-5-9(3)8-10/h5-6H,4H2,1-3H3/q+1. The van der Waals surface area contributed by atoms with Crippen LogP contribution in [0.4, 0.5) is 0 Å². The van der Waals surface area contributed by atoms with E-state index < -0.39 is 0 Å². The van der Waals surface area contributed by atoms with Crippen LogP contribution in [0, 0.1) is 0 Å². The third kappa shape index (κ3) is 1.32. The van der Waals surface area contributed by atoms with Gasteiger partial charge in [-0.05, 0) is 18.1 Å². The predicted molar refractivity (Wildman–Crippen MR) is 36.2 cm³/mol. The normalized spacial score (nSPS) is 13.5. The molecule has 0 aliphatic carbocycles. The first-order chi connectivity index (χ1) is 4.74. The summed E-state index contributed by atoms with van der Waals surface area (Å²) in [5, 5.41) is 8.16. The summed E-state index contributed by atoms with van der Waals surface area (Å²) in [6.45, 7) is 4.22. The lowest BCUT2D eigenvalue weighted by Crippen LogP contribution is -2.30. The highest BCUT2D eigenvalue weighted by Gasteiger charge is 2.11. The lowest BCUT2D eigenvalue weighted by Gasteiger charge is -1.95. The van der Waals surface area contributed by atoms with E-state index in [-0.39, 0.29) is 0 Å². The molecule has 1 unspecified atom stereocenters. The van der Waals surface area contributed by atoms with Crippen molar-refractivity contribution in [3.63, 3.8) is 0 Å². The summed E-state index contributed by atoms with van der Waals surface area (Å²) in [6, 6.07) is 0.404. The zero-order chi connectivity index (χ0) is 7.56. The molecule has 10 heavy (non-hydrogen) atoms. The van der Waals surface area contributed by atoms with Gasteiger partial charge in [0.1, 0.15) is 6.04 Å². The molecule has 1 atom stereocenters. The minimum Gasteiger partial charge on any atom is -0.143 e. The van der Waals surface area contributed by atoms with Gasteiger partial charge in [-0.15, -0.1) is 4.68 Å². The minimum absolute atomic E-state index is 0.404. The molecule has 0 bridgehead atoms. The maximum atomic E-state index is 4.10. The van der Waals surface area contributed by atoms with Crippen LogP contribution in [0.1, 0.15) is 26.3 Å². The second-order valence-corrected chi connectivity index (χ2v) is 2.47. The third-order valence-electron chi connectivity index (χ3n) is 1.55. The molecular formula is C6H13N4+. The molecule has 0 radical (unpaired) electrons. The van der Waals surface area contributed by atoms with E-state index in [9.17, 15) is 0 Å². The Morgan fingerprint density at radius 2 is 2.40 bits per heavy atom. The van der Waals surface area contributed by atoms with Crippen LogP contribution in [0.25, 0.3) is 0 Å². The fraction of sp³-hybridized carbons (Fsp3) is 0.833. The maximum Gasteiger partial charge on any atom is 0.285 e. The summed E-state index contributed by atoms with van der Waals surface area (Å²) >= 11 is 0. The molecule has 0 fully saturated rings. The first kappa shape index (κ1) is 7.18. The Balaban J connectivity index is 2.74. The Hall–Kier alpha value is -0.930. The average molecular weight is 141 g/mol. The van der Waals surface area contributed by atoms with Crippen LogP contribution in [0.5, 0.6) is 0 Å². The molecule has 1 aromatic rings. The maximum absolute atomic E-state index is 4.10. The number of aryl methyl sites for hydroxylation is 1. The minimum atomic E-state index is 0.404. The Kier molecular flexibility index (Phi) is 1.99. The zero-order valence-electron chi connectivity index (χ0n) is 6.65. The summed E-state index contributed by atoms with van der Waals surface area (Å²) < 4.78 is 1.70. The summed E-state index contributed by atoms with van der Waals surface area (Å²) in [4.78, 5) is 1.72. The SMILES string of the molecule is CCC(C)n1nc[n+](C)n1. The Labute approximate surface area is 60.4 Å². The second-order valence-electron chi connectivity index (χ2n) is 2.47. The van der Waals surface area contributed by atoms with Gasteiger partial charge in [0, 0.05) is 0 Å². The van der Waals surface area contributed by atoms with Crippen molar-refractivity contribution in [2.45, 2.75) is 26.3 Å². The Morgan fingerprint density at radius 3 is 2.80 bits per heavy atom. The van der Waals surface area contributed by atoms with Gasteiger partial charge >= 0.3 is 0 Å². The molecule has 0 spiro atoms. The van der Waals surface area contributed by atoms with E-state index in [0.717, 1.165) is 6.42 Å². The van der Waals surface area contributed by atoms with Crippen LogP contribution >= 0.6 is 0 Å². The second kappa shape index (κ2) is 2.77. The number of tetrazole rings is 1. The van der Waals surface area contributed by atoms with Crippen molar-refractivity contribution in [2.75, 3.05) is 0 Å². The van der Waals surface area contributed by atoms with Gasteiger partial charge in [-0.1, -0.05) is 6.92 Å². The molecule has 1 rings (SSSR count). The van der Waals surface area contributed by atoms with Crippen LogP contribution in [0.15, 0.2) is 6.33 Å². The lowest BCUT2D eigenvalue weighted by molar-refractivity contribution is -0.733. The first-order valence-corrected chi connectivity index (χ1v) is 3.51. The number of nitrogens with zero attached hydrogens (tertiary/aromatic N) is 4. The van der Waals surface area contributed by atoms with E-state index in [1.807, 2.05) is 7.05 Å². The average Bonchev–Trinajstić information content (AvgIpc) is 2.34. The largest absolute Gasteiger partial charge is 0.285 e. The molecule has 1 heterocycles. The summed E-state index contributed by atoms with van der Waals surface area (Å²) in [6.07, 6.45) is 2.76. The monoisotopic (exact) mass is 141 g/mol. The highest BCUT2D eigenvalue weighted by molar-refractivity contribution is 4.47. The van der Waals surface area contributed by atoms with Gasteiger partial charge in [0.2, 0.25) is 0 Å². The first-order valence-electron chi connectivity index (χ1n) is 3.51. The van der Waals surface area contributed by atoms with E-state index in [1.54, 1.807) is 15.8 Å². The van der Waals surface area contributed by atoms with Crippen LogP contribution in [0.3, 0.4) is 0 Å². The zero-order valence-corrected chi connectivity index (χ0v) is 6.65. The number of hydrogen-bond donors (Lipinski definition) is 0. The summed E-state index contributed by atoms with van der Waals surface area (Å²) in [7, 11) is 1.87. The van der Waals surface area contributed by atoms with Gasteiger partial charge in [0.15, 0.2) is 0 Å². The van der Waals surface area contributed by atoms with E-state index in [0.29, 0.717) is 6.04 Å². The summed E-state index contributed by atoms with van der Waals surface area (Å²) in [5.41, 5.74) is 0. The van der Waals surface area contributed by atoms with E-state index in [4.69, 9.17) is 0 Å². The number of rotatable bonds is 2. The number of aromatic nitrogens is 4. The third-order valence-corrected chi connectivity index (χ3v) is 1.55. The van der Waals surface area contributed by atoms with Crippen LogP contribution in [-0.2, 0) is 7.05 Å². The molecule has 0 N–H and O–H groups in total. The smallest absolute Gasteiger partial charge is 0.143 e. The lowest BCUT2D eigenvalue weighted by atomic mass is 10.3. The molecule has 4 heteroatoms.